The zero-order valence-corrected chi connectivity index (χ0v) is 23.4. The number of aromatic nitrogens is 3. The van der Waals surface area contributed by atoms with Crippen molar-refractivity contribution < 1.29 is 22.8 Å². The SMILES string of the molecule is Cc1cc(C(C)(n2cc(Br)cn2)C(F)(F)F)cc(C)c1CC(=O)c1cccc(NC(=O)c2cccnc2Cl)c1. The molecule has 0 saturated carbocycles. The first-order valence-electron chi connectivity index (χ1n) is 11.7. The summed E-state index contributed by atoms with van der Waals surface area (Å²) in [5, 5.41) is 6.67. The summed E-state index contributed by atoms with van der Waals surface area (Å²) in [6.45, 7) is 4.44. The van der Waals surface area contributed by atoms with Crippen LogP contribution in [0.1, 0.15) is 49.9 Å². The molecule has 2 aromatic carbocycles. The van der Waals surface area contributed by atoms with Gasteiger partial charge in [-0.25, -0.2) is 4.98 Å². The Morgan fingerprint density at radius 2 is 1.77 bits per heavy atom. The largest absolute Gasteiger partial charge is 0.417 e. The number of aryl methyl sites for hydroxylation is 2. The van der Waals surface area contributed by atoms with Crippen molar-refractivity contribution in [2.24, 2.45) is 0 Å². The number of ketones is 1. The molecule has 1 unspecified atom stereocenters. The lowest BCUT2D eigenvalue weighted by Gasteiger charge is -2.34. The second-order valence-electron chi connectivity index (χ2n) is 9.24. The van der Waals surface area contributed by atoms with Gasteiger partial charge in [-0.1, -0.05) is 35.9 Å². The Bertz CT molecular complexity index is 1550. The van der Waals surface area contributed by atoms with Crippen LogP contribution in [0.3, 0.4) is 0 Å². The fourth-order valence-electron chi connectivity index (χ4n) is 4.31. The molecule has 1 atom stereocenters. The normalized spacial score (nSPS) is 13.1. The van der Waals surface area contributed by atoms with Crippen LogP contribution in [0.5, 0.6) is 0 Å². The smallest absolute Gasteiger partial charge is 0.322 e. The van der Waals surface area contributed by atoms with Crippen LogP contribution in [0, 0.1) is 13.8 Å². The van der Waals surface area contributed by atoms with Crippen molar-refractivity contribution in [2.45, 2.75) is 38.9 Å². The molecule has 0 aliphatic heterocycles. The van der Waals surface area contributed by atoms with Crippen molar-refractivity contribution >= 4 is 44.9 Å². The summed E-state index contributed by atoms with van der Waals surface area (Å²) < 4.78 is 44.4. The fraction of sp³-hybridized carbons (Fsp3) is 0.214. The molecule has 39 heavy (non-hydrogen) atoms. The molecular weight excluding hydrogens is 597 g/mol. The van der Waals surface area contributed by atoms with Crippen LogP contribution in [0.2, 0.25) is 5.15 Å². The molecule has 0 fully saturated rings. The minimum atomic E-state index is -4.64. The van der Waals surface area contributed by atoms with Gasteiger partial charge >= 0.3 is 6.18 Å². The highest BCUT2D eigenvalue weighted by Crippen LogP contribution is 2.43. The molecule has 0 aliphatic carbocycles. The lowest BCUT2D eigenvalue weighted by molar-refractivity contribution is -0.197. The molecule has 1 amide bonds. The molecule has 6 nitrogen and oxygen atoms in total. The Morgan fingerprint density at radius 1 is 1.08 bits per heavy atom. The number of nitrogens with one attached hydrogen (secondary N) is 1. The van der Waals surface area contributed by atoms with Gasteiger partial charge in [0.25, 0.3) is 5.91 Å². The first-order chi connectivity index (χ1) is 18.3. The minimum Gasteiger partial charge on any atom is -0.322 e. The monoisotopic (exact) mass is 618 g/mol. The van der Waals surface area contributed by atoms with Crippen molar-refractivity contribution in [3.63, 3.8) is 0 Å². The molecule has 0 saturated heterocycles. The molecule has 2 heterocycles. The summed E-state index contributed by atoms with van der Waals surface area (Å²) in [5.74, 6) is -0.726. The number of carbonyl (C=O) groups excluding carboxylic acids is 2. The maximum absolute atomic E-state index is 14.4. The average molecular weight is 620 g/mol. The Labute approximate surface area is 236 Å². The van der Waals surface area contributed by atoms with Crippen LogP contribution < -0.4 is 5.32 Å². The zero-order valence-electron chi connectivity index (χ0n) is 21.1. The number of hydrogen-bond donors (Lipinski definition) is 1. The van der Waals surface area contributed by atoms with E-state index >= 15 is 0 Å². The molecule has 0 aliphatic rings. The highest BCUT2D eigenvalue weighted by atomic mass is 79.9. The van der Waals surface area contributed by atoms with Gasteiger partial charge in [-0.2, -0.15) is 18.3 Å². The van der Waals surface area contributed by atoms with Crippen molar-refractivity contribution in [1.82, 2.24) is 14.8 Å². The second-order valence-corrected chi connectivity index (χ2v) is 10.5. The number of hydrogen-bond acceptors (Lipinski definition) is 4. The van der Waals surface area contributed by atoms with E-state index in [0.717, 1.165) is 11.6 Å². The maximum atomic E-state index is 14.4. The zero-order chi connectivity index (χ0) is 28.5. The summed E-state index contributed by atoms with van der Waals surface area (Å²) >= 11 is 9.16. The van der Waals surface area contributed by atoms with Crippen LogP contribution in [0.4, 0.5) is 18.9 Å². The number of rotatable bonds is 7. The maximum Gasteiger partial charge on any atom is 0.417 e. The molecule has 4 aromatic rings. The topological polar surface area (TPSA) is 76.9 Å². The Balaban J connectivity index is 1.60. The van der Waals surface area contributed by atoms with Crippen LogP contribution in [0.25, 0.3) is 0 Å². The van der Waals surface area contributed by atoms with Crippen molar-refractivity contribution in [3.05, 3.63) is 110 Å². The quantitative estimate of drug-likeness (QED) is 0.174. The van der Waals surface area contributed by atoms with Gasteiger partial charge in [-0.05, 0) is 83.2 Å². The van der Waals surface area contributed by atoms with Gasteiger partial charge in [0.15, 0.2) is 11.3 Å². The van der Waals surface area contributed by atoms with Crippen LogP contribution >= 0.6 is 27.5 Å². The predicted molar refractivity (Wildman–Crippen MR) is 146 cm³/mol. The standard InChI is InChI=1S/C28H23BrClF3N4O2/c1-16-10-19(27(3,28(31,32)33)37-15-20(29)14-35-37)11-17(2)23(16)13-24(38)18-6-4-7-21(12-18)36-26(39)22-8-5-9-34-25(22)30/h4-12,14-15H,13H2,1-3H3,(H,36,39). The van der Waals surface area contributed by atoms with E-state index in [0.29, 0.717) is 32.4 Å². The number of carbonyl (C=O) groups is 2. The molecule has 2 aromatic heterocycles. The number of alkyl halides is 3. The van der Waals surface area contributed by atoms with E-state index in [-0.39, 0.29) is 28.5 Å². The van der Waals surface area contributed by atoms with E-state index in [4.69, 9.17) is 11.6 Å². The van der Waals surface area contributed by atoms with Crippen molar-refractivity contribution in [1.29, 1.82) is 0 Å². The number of Topliss-reactive ketones (excluding diaryl/α,β-unsaturated/α-hetero) is 1. The van der Waals surface area contributed by atoms with Gasteiger partial charge in [0, 0.05) is 30.1 Å². The highest BCUT2D eigenvalue weighted by molar-refractivity contribution is 9.10. The van der Waals surface area contributed by atoms with E-state index in [2.05, 4.69) is 31.3 Å². The number of nitrogens with zero attached hydrogens (tertiary/aromatic N) is 3. The van der Waals surface area contributed by atoms with E-state index in [1.807, 2.05) is 0 Å². The summed E-state index contributed by atoms with van der Waals surface area (Å²) in [5.41, 5.74) is 0.250. The van der Waals surface area contributed by atoms with E-state index in [9.17, 15) is 22.8 Å². The molecule has 1 N–H and O–H groups in total. The van der Waals surface area contributed by atoms with Crippen LogP contribution in [-0.4, -0.2) is 32.6 Å². The Hall–Kier alpha value is -3.50. The third kappa shape index (κ3) is 5.77. The van der Waals surface area contributed by atoms with E-state index in [1.54, 1.807) is 44.2 Å². The lowest BCUT2D eigenvalue weighted by Crippen LogP contribution is -2.46. The van der Waals surface area contributed by atoms with Gasteiger partial charge in [-0.15, -0.1) is 0 Å². The minimum absolute atomic E-state index is 0.00979. The van der Waals surface area contributed by atoms with Crippen LogP contribution in [-0.2, 0) is 12.0 Å². The van der Waals surface area contributed by atoms with Crippen LogP contribution in [0.15, 0.2) is 71.6 Å². The predicted octanol–water partition coefficient (Wildman–Crippen LogP) is 7.31. The molecule has 4 rings (SSSR count). The molecule has 11 heteroatoms. The number of amides is 1. The Kier molecular flexibility index (Phi) is 7.99. The molecule has 202 valence electrons. The summed E-state index contributed by atoms with van der Waals surface area (Å²) in [6, 6.07) is 12.4. The van der Waals surface area contributed by atoms with Crippen molar-refractivity contribution in [3.8, 4) is 0 Å². The Morgan fingerprint density at radius 3 is 2.36 bits per heavy atom. The number of benzene rings is 2. The second kappa shape index (κ2) is 10.9. The number of anilines is 1. The van der Waals surface area contributed by atoms with Gasteiger partial charge in [0.2, 0.25) is 0 Å². The van der Waals surface area contributed by atoms with Gasteiger partial charge in [0.05, 0.1) is 16.2 Å². The molecule has 0 spiro atoms. The third-order valence-corrected chi connectivity index (χ3v) is 7.31. The summed E-state index contributed by atoms with van der Waals surface area (Å²) in [4.78, 5) is 29.7. The number of halogens is 5. The molecule has 0 bridgehead atoms. The van der Waals surface area contributed by atoms with Gasteiger partial charge < -0.3 is 5.32 Å². The first kappa shape index (κ1) is 28.5. The number of pyridine rings is 1. The van der Waals surface area contributed by atoms with Gasteiger partial charge in [0.1, 0.15) is 5.15 Å². The summed E-state index contributed by atoms with van der Waals surface area (Å²) in [7, 11) is 0. The summed E-state index contributed by atoms with van der Waals surface area (Å²) in [6.07, 6.45) is -0.614. The first-order valence-corrected chi connectivity index (χ1v) is 12.9. The van der Waals surface area contributed by atoms with Gasteiger partial charge in [-0.3, -0.25) is 14.3 Å². The van der Waals surface area contributed by atoms with E-state index < -0.39 is 17.6 Å². The average Bonchev–Trinajstić information content (AvgIpc) is 3.31. The van der Waals surface area contributed by atoms with E-state index in [1.165, 1.54) is 36.8 Å². The molecule has 0 radical (unpaired) electrons. The lowest BCUT2D eigenvalue weighted by atomic mass is 9.85. The molecular formula is C28H23BrClF3N4O2. The van der Waals surface area contributed by atoms with Crippen molar-refractivity contribution in [2.75, 3.05) is 5.32 Å². The highest BCUT2D eigenvalue weighted by Gasteiger charge is 2.55. The fourth-order valence-corrected chi connectivity index (χ4v) is 4.80. The third-order valence-electron chi connectivity index (χ3n) is 6.60.